The van der Waals surface area contributed by atoms with Crippen molar-refractivity contribution >= 4 is 5.97 Å². The lowest BCUT2D eigenvalue weighted by Gasteiger charge is -2.47. The molecule has 2 atom stereocenters. The number of hydrogen-bond donors (Lipinski definition) is 0. The van der Waals surface area contributed by atoms with Crippen molar-refractivity contribution < 1.29 is 9.53 Å². The largest absolute Gasteiger partial charge is 0.466 e. The summed E-state index contributed by atoms with van der Waals surface area (Å²) in [6.07, 6.45) is 10.8. The second-order valence-corrected chi connectivity index (χ2v) is 6.81. The maximum atomic E-state index is 12.1. The average molecular weight is 281 g/mol. The topological polar surface area (TPSA) is 29.5 Å². The van der Waals surface area contributed by atoms with Crippen LogP contribution in [-0.2, 0) is 9.53 Å². The summed E-state index contributed by atoms with van der Waals surface area (Å²) in [4.78, 5) is 14.7. The smallest absolute Gasteiger partial charge is 0.307 e. The van der Waals surface area contributed by atoms with E-state index in [4.69, 9.17) is 4.74 Å². The molecule has 2 fully saturated rings. The van der Waals surface area contributed by atoms with Gasteiger partial charge in [0.1, 0.15) is 0 Å². The number of rotatable bonds is 4. The molecule has 0 aromatic heterocycles. The number of nitrogens with zero attached hydrogens (tertiary/aromatic N) is 1. The fraction of sp³-hybridized carbons (Fsp3) is 0.941. The van der Waals surface area contributed by atoms with E-state index in [9.17, 15) is 4.79 Å². The Kier molecular flexibility index (Phi) is 5.88. The molecule has 0 radical (unpaired) electrons. The Hall–Kier alpha value is -0.570. The molecular formula is C17H31NO2. The van der Waals surface area contributed by atoms with Crippen LogP contribution in [0.1, 0.15) is 71.6 Å². The molecule has 116 valence electrons. The Morgan fingerprint density at radius 1 is 1.20 bits per heavy atom. The van der Waals surface area contributed by atoms with Crippen molar-refractivity contribution in [3.63, 3.8) is 0 Å². The summed E-state index contributed by atoms with van der Waals surface area (Å²) in [6.45, 7) is 7.10. The minimum Gasteiger partial charge on any atom is -0.466 e. The summed E-state index contributed by atoms with van der Waals surface area (Å²) in [5.74, 6) is 0.743. The van der Waals surface area contributed by atoms with Crippen LogP contribution in [0.15, 0.2) is 0 Å². The van der Waals surface area contributed by atoms with E-state index < -0.39 is 0 Å². The van der Waals surface area contributed by atoms with Crippen LogP contribution in [0.25, 0.3) is 0 Å². The van der Waals surface area contributed by atoms with E-state index in [-0.39, 0.29) is 11.5 Å². The molecule has 0 bridgehead atoms. The Bertz CT molecular complexity index is 310. The van der Waals surface area contributed by atoms with Crippen LogP contribution >= 0.6 is 0 Å². The minimum atomic E-state index is 0.00541. The minimum absolute atomic E-state index is 0.00541. The number of esters is 1. The Labute approximate surface area is 124 Å². The molecule has 1 saturated carbocycles. The van der Waals surface area contributed by atoms with Crippen molar-refractivity contribution in [2.45, 2.75) is 77.2 Å². The first-order chi connectivity index (χ1) is 9.66. The molecule has 0 N–H and O–H groups in total. The number of ether oxygens (including phenoxy) is 1. The summed E-state index contributed by atoms with van der Waals surface area (Å²) in [6, 6.07) is 0. The zero-order valence-corrected chi connectivity index (χ0v) is 13.3. The van der Waals surface area contributed by atoms with Gasteiger partial charge in [-0.2, -0.15) is 0 Å². The third-order valence-corrected chi connectivity index (χ3v) is 5.12. The average Bonchev–Trinajstić information content (AvgIpc) is 2.68. The van der Waals surface area contributed by atoms with Gasteiger partial charge in [0.05, 0.1) is 13.0 Å². The van der Waals surface area contributed by atoms with Crippen molar-refractivity contribution in [3.05, 3.63) is 0 Å². The number of hydrogen-bond acceptors (Lipinski definition) is 3. The summed E-state index contributed by atoms with van der Waals surface area (Å²) in [5, 5.41) is 0. The monoisotopic (exact) mass is 281 g/mol. The molecule has 20 heavy (non-hydrogen) atoms. The fourth-order valence-electron chi connectivity index (χ4n) is 4.22. The molecule has 1 heterocycles. The van der Waals surface area contributed by atoms with Crippen LogP contribution in [0, 0.1) is 5.92 Å². The SMILES string of the molecule is CCOC(=O)CC1(N2CCCCCC2)CCCC(C)C1. The molecule has 1 saturated heterocycles. The van der Waals surface area contributed by atoms with Crippen molar-refractivity contribution in [2.24, 2.45) is 5.92 Å². The van der Waals surface area contributed by atoms with Crippen molar-refractivity contribution in [3.8, 4) is 0 Å². The molecular weight excluding hydrogens is 250 g/mol. The highest BCUT2D eigenvalue weighted by molar-refractivity contribution is 5.71. The summed E-state index contributed by atoms with van der Waals surface area (Å²) in [5.41, 5.74) is 0.0915. The van der Waals surface area contributed by atoms with Crippen molar-refractivity contribution in [2.75, 3.05) is 19.7 Å². The molecule has 3 heteroatoms. The highest BCUT2D eigenvalue weighted by atomic mass is 16.5. The Balaban J connectivity index is 2.11. The Morgan fingerprint density at radius 2 is 1.90 bits per heavy atom. The Morgan fingerprint density at radius 3 is 2.50 bits per heavy atom. The van der Waals surface area contributed by atoms with Gasteiger partial charge in [-0.15, -0.1) is 0 Å². The molecule has 0 aromatic carbocycles. The van der Waals surface area contributed by atoms with Gasteiger partial charge in [-0.05, 0) is 51.6 Å². The first kappa shape index (κ1) is 15.8. The van der Waals surface area contributed by atoms with E-state index in [1.54, 1.807) is 0 Å². The third kappa shape index (κ3) is 3.97. The molecule has 3 nitrogen and oxygen atoms in total. The second-order valence-electron chi connectivity index (χ2n) is 6.81. The van der Waals surface area contributed by atoms with Crippen LogP contribution in [0.3, 0.4) is 0 Å². The first-order valence-corrected chi connectivity index (χ1v) is 8.57. The maximum absolute atomic E-state index is 12.1. The zero-order valence-electron chi connectivity index (χ0n) is 13.3. The number of likely N-dealkylation sites (tertiary alicyclic amines) is 1. The van der Waals surface area contributed by atoms with Gasteiger partial charge in [-0.3, -0.25) is 9.69 Å². The highest BCUT2D eigenvalue weighted by Gasteiger charge is 2.42. The molecule has 0 spiro atoms. The lowest BCUT2D eigenvalue weighted by Crippen LogP contribution is -2.53. The van der Waals surface area contributed by atoms with Gasteiger partial charge in [0.2, 0.25) is 0 Å². The maximum Gasteiger partial charge on any atom is 0.307 e. The van der Waals surface area contributed by atoms with Gasteiger partial charge >= 0.3 is 5.97 Å². The number of carbonyl (C=O) groups is 1. The van der Waals surface area contributed by atoms with E-state index in [0.29, 0.717) is 13.0 Å². The molecule has 0 amide bonds. The van der Waals surface area contributed by atoms with Crippen LogP contribution in [0.2, 0.25) is 0 Å². The quantitative estimate of drug-likeness (QED) is 0.735. The predicted octanol–water partition coefficient (Wildman–Crippen LogP) is 3.76. The third-order valence-electron chi connectivity index (χ3n) is 5.12. The first-order valence-electron chi connectivity index (χ1n) is 8.57. The van der Waals surface area contributed by atoms with Gasteiger partial charge in [0.15, 0.2) is 0 Å². The van der Waals surface area contributed by atoms with Gasteiger partial charge in [-0.25, -0.2) is 0 Å². The lowest BCUT2D eigenvalue weighted by atomic mass is 9.73. The molecule has 1 aliphatic heterocycles. The van der Waals surface area contributed by atoms with Crippen molar-refractivity contribution in [1.29, 1.82) is 0 Å². The lowest BCUT2D eigenvalue weighted by molar-refractivity contribution is -0.148. The summed E-state index contributed by atoms with van der Waals surface area (Å²) < 4.78 is 5.26. The van der Waals surface area contributed by atoms with E-state index in [2.05, 4.69) is 11.8 Å². The normalized spacial score (nSPS) is 32.6. The molecule has 0 aromatic rings. The molecule has 2 rings (SSSR count). The summed E-state index contributed by atoms with van der Waals surface area (Å²) in [7, 11) is 0. The predicted molar refractivity (Wildman–Crippen MR) is 81.7 cm³/mol. The van der Waals surface area contributed by atoms with E-state index in [1.165, 1.54) is 64.5 Å². The number of carbonyl (C=O) groups excluding carboxylic acids is 1. The van der Waals surface area contributed by atoms with Gasteiger partial charge < -0.3 is 4.74 Å². The van der Waals surface area contributed by atoms with Gasteiger partial charge in [0.25, 0.3) is 0 Å². The molecule has 2 aliphatic rings. The zero-order chi connectivity index (χ0) is 14.4. The van der Waals surface area contributed by atoms with E-state index >= 15 is 0 Å². The van der Waals surface area contributed by atoms with Gasteiger partial charge in [-0.1, -0.05) is 32.6 Å². The van der Waals surface area contributed by atoms with Crippen molar-refractivity contribution in [1.82, 2.24) is 4.90 Å². The molecule has 2 unspecified atom stereocenters. The van der Waals surface area contributed by atoms with Crippen LogP contribution in [0.4, 0.5) is 0 Å². The fourth-order valence-corrected chi connectivity index (χ4v) is 4.22. The van der Waals surface area contributed by atoms with E-state index in [1.807, 2.05) is 6.92 Å². The highest BCUT2D eigenvalue weighted by Crippen LogP contribution is 2.40. The van der Waals surface area contributed by atoms with Crippen LogP contribution in [0.5, 0.6) is 0 Å². The molecule has 1 aliphatic carbocycles. The standard InChI is InChI=1S/C17H31NO2/c1-3-20-16(19)14-17(10-8-9-15(2)13-17)18-11-6-4-5-7-12-18/h15H,3-14H2,1-2H3. The van der Waals surface area contributed by atoms with E-state index in [0.717, 1.165) is 5.92 Å². The van der Waals surface area contributed by atoms with Crippen LogP contribution < -0.4 is 0 Å². The summed E-state index contributed by atoms with van der Waals surface area (Å²) >= 11 is 0. The van der Waals surface area contributed by atoms with Crippen LogP contribution in [-0.4, -0.2) is 36.1 Å². The van der Waals surface area contributed by atoms with Gasteiger partial charge in [0, 0.05) is 5.54 Å². The second kappa shape index (κ2) is 7.44.